The first-order valence-corrected chi connectivity index (χ1v) is 16.0. The maximum atomic E-state index is 11.9. The molecule has 5 nitrogen and oxygen atoms in total. The lowest BCUT2D eigenvalue weighted by Crippen LogP contribution is -2.43. The molecule has 1 N–H and O–H groups in total. The maximum Gasteiger partial charge on any atom is 0.136 e. The van der Waals surface area contributed by atoms with E-state index in [1.165, 1.54) is 22.3 Å². The first kappa shape index (κ1) is 30.0. The van der Waals surface area contributed by atoms with E-state index in [-0.39, 0.29) is 22.0 Å². The second kappa shape index (κ2) is 10.7. The van der Waals surface area contributed by atoms with E-state index in [0.29, 0.717) is 23.0 Å². The molecule has 0 bridgehead atoms. The zero-order valence-corrected chi connectivity index (χ0v) is 27.8. The summed E-state index contributed by atoms with van der Waals surface area (Å²) in [7, 11) is 4.94. The molecule has 7 rings (SSSR count). The van der Waals surface area contributed by atoms with Crippen molar-refractivity contribution in [1.82, 2.24) is 0 Å². The van der Waals surface area contributed by atoms with Crippen molar-refractivity contribution in [2.24, 2.45) is 10.8 Å². The molecule has 0 amide bonds. The molecule has 0 unspecified atom stereocenters. The molecule has 5 heteroatoms. The minimum absolute atomic E-state index is 0.137. The average molecular weight is 615 g/mol. The monoisotopic (exact) mass is 614 g/mol. The van der Waals surface area contributed by atoms with Crippen molar-refractivity contribution in [1.29, 1.82) is 0 Å². The standard InChI is InChI=1S/C41H42O5/c1-39(2)22-40(3,4)24-41(23-39)33-11-9-8-10-29(33)38-32-20-37(46-26-14-12-25(43-5)13-15-26)31(19-30(32)35(42)21-34(38)41)28-17-16-27(44-6)18-36(28)45-7/h8-21,42H,22-24H2,1-7H3. The topological polar surface area (TPSA) is 57.2 Å². The number of aromatic hydroxyl groups is 1. The molecule has 2 aliphatic rings. The van der Waals surface area contributed by atoms with Gasteiger partial charge in [0.05, 0.1) is 21.3 Å². The van der Waals surface area contributed by atoms with Crippen LogP contribution in [0.4, 0.5) is 0 Å². The maximum absolute atomic E-state index is 11.9. The van der Waals surface area contributed by atoms with Crippen LogP contribution in [0.1, 0.15) is 58.1 Å². The van der Waals surface area contributed by atoms with Crippen LogP contribution in [0.15, 0.2) is 84.9 Å². The van der Waals surface area contributed by atoms with Gasteiger partial charge in [0.15, 0.2) is 0 Å². The van der Waals surface area contributed by atoms with Crippen LogP contribution in [0.3, 0.4) is 0 Å². The number of phenols is 1. The van der Waals surface area contributed by atoms with Crippen LogP contribution in [-0.4, -0.2) is 26.4 Å². The minimum atomic E-state index is -0.197. The van der Waals surface area contributed by atoms with Crippen molar-refractivity contribution in [3.05, 3.63) is 96.1 Å². The van der Waals surface area contributed by atoms with Crippen molar-refractivity contribution in [2.75, 3.05) is 21.3 Å². The summed E-state index contributed by atoms with van der Waals surface area (Å²) < 4.78 is 23.4. The van der Waals surface area contributed by atoms with Crippen LogP contribution in [0.5, 0.6) is 34.5 Å². The van der Waals surface area contributed by atoms with Gasteiger partial charge in [0, 0.05) is 28.0 Å². The Morgan fingerprint density at radius 1 is 0.543 bits per heavy atom. The number of hydrogen-bond donors (Lipinski definition) is 1. The van der Waals surface area contributed by atoms with Crippen molar-refractivity contribution in [3.8, 4) is 56.8 Å². The van der Waals surface area contributed by atoms with Crippen molar-refractivity contribution in [2.45, 2.75) is 52.4 Å². The lowest BCUT2D eigenvalue weighted by Gasteiger charge is -2.51. The van der Waals surface area contributed by atoms with Crippen LogP contribution in [-0.2, 0) is 5.41 Å². The fourth-order valence-electron chi connectivity index (χ4n) is 8.95. The van der Waals surface area contributed by atoms with Crippen LogP contribution >= 0.6 is 0 Å². The van der Waals surface area contributed by atoms with E-state index in [2.05, 4.69) is 58.0 Å². The van der Waals surface area contributed by atoms with E-state index < -0.39 is 0 Å². The van der Waals surface area contributed by atoms with Crippen LogP contribution < -0.4 is 18.9 Å². The number of methoxy groups -OCH3 is 3. The highest BCUT2D eigenvalue weighted by Crippen LogP contribution is 2.65. The van der Waals surface area contributed by atoms with E-state index in [4.69, 9.17) is 18.9 Å². The van der Waals surface area contributed by atoms with Gasteiger partial charge in [-0.05, 0) is 112 Å². The lowest BCUT2D eigenvalue weighted by atomic mass is 9.52. The summed E-state index contributed by atoms with van der Waals surface area (Å²) in [6, 6.07) is 28.4. The molecule has 236 valence electrons. The summed E-state index contributed by atoms with van der Waals surface area (Å²) in [4.78, 5) is 0. The number of rotatable bonds is 6. The van der Waals surface area contributed by atoms with E-state index >= 15 is 0 Å². The van der Waals surface area contributed by atoms with Gasteiger partial charge in [-0.2, -0.15) is 0 Å². The smallest absolute Gasteiger partial charge is 0.136 e. The molecule has 0 saturated heterocycles. The van der Waals surface area contributed by atoms with Gasteiger partial charge in [0.2, 0.25) is 0 Å². The predicted molar refractivity (Wildman–Crippen MR) is 185 cm³/mol. The largest absolute Gasteiger partial charge is 0.507 e. The van der Waals surface area contributed by atoms with Crippen molar-refractivity contribution in [3.63, 3.8) is 0 Å². The molecular formula is C41H42O5. The molecule has 5 aromatic carbocycles. The average Bonchev–Trinajstić information content (AvgIpc) is 3.27. The van der Waals surface area contributed by atoms with E-state index in [9.17, 15) is 5.11 Å². The number of benzene rings is 5. The summed E-state index contributed by atoms with van der Waals surface area (Å²) in [5.74, 6) is 3.71. The molecule has 5 aromatic rings. The van der Waals surface area contributed by atoms with Gasteiger partial charge in [-0.3, -0.25) is 0 Å². The number of hydrogen-bond acceptors (Lipinski definition) is 5. The Kier molecular flexibility index (Phi) is 7.00. The highest BCUT2D eigenvalue weighted by Gasteiger charge is 2.53. The van der Waals surface area contributed by atoms with Gasteiger partial charge in [-0.25, -0.2) is 0 Å². The number of fused-ring (bicyclic) bond motifs is 7. The highest BCUT2D eigenvalue weighted by molar-refractivity contribution is 6.08. The normalized spacial score (nSPS) is 16.9. The number of ether oxygens (including phenoxy) is 4. The number of phenolic OH excluding ortho intramolecular Hbond substituents is 1. The van der Waals surface area contributed by atoms with Crippen molar-refractivity contribution >= 4 is 10.8 Å². The lowest BCUT2D eigenvalue weighted by molar-refractivity contribution is 0.0645. The van der Waals surface area contributed by atoms with Gasteiger partial charge in [0.1, 0.15) is 34.5 Å². The molecule has 0 atom stereocenters. The Hall–Kier alpha value is -4.64. The minimum Gasteiger partial charge on any atom is -0.507 e. The van der Waals surface area contributed by atoms with Crippen LogP contribution in [0.2, 0.25) is 0 Å². The third kappa shape index (κ3) is 4.84. The Balaban J connectivity index is 1.52. The van der Waals surface area contributed by atoms with E-state index in [1.54, 1.807) is 21.3 Å². The second-order valence-electron chi connectivity index (χ2n) is 14.5. The quantitative estimate of drug-likeness (QED) is 0.206. The van der Waals surface area contributed by atoms with Crippen LogP contribution in [0, 0.1) is 10.8 Å². The van der Waals surface area contributed by atoms with Gasteiger partial charge in [-0.1, -0.05) is 52.0 Å². The van der Waals surface area contributed by atoms with Gasteiger partial charge in [0.25, 0.3) is 0 Å². The third-order valence-corrected chi connectivity index (χ3v) is 9.95. The predicted octanol–water partition coefficient (Wildman–Crippen LogP) is 10.5. The Morgan fingerprint density at radius 2 is 1.20 bits per heavy atom. The zero-order chi connectivity index (χ0) is 32.4. The first-order chi connectivity index (χ1) is 22.0. The Bertz CT molecular complexity index is 1950. The fraction of sp³-hybridized carbons (Fsp3) is 0.317. The zero-order valence-electron chi connectivity index (χ0n) is 27.8. The summed E-state index contributed by atoms with van der Waals surface area (Å²) in [5.41, 5.74) is 6.71. The fourth-order valence-corrected chi connectivity index (χ4v) is 8.95. The van der Waals surface area contributed by atoms with E-state index in [0.717, 1.165) is 46.9 Å². The molecular weight excluding hydrogens is 572 g/mol. The summed E-state index contributed by atoms with van der Waals surface area (Å²) in [5, 5.41) is 13.6. The molecule has 2 aliphatic carbocycles. The molecule has 1 spiro atoms. The van der Waals surface area contributed by atoms with Gasteiger partial charge < -0.3 is 24.1 Å². The van der Waals surface area contributed by atoms with Crippen molar-refractivity contribution < 1.29 is 24.1 Å². The Labute approximate surface area is 271 Å². The third-order valence-electron chi connectivity index (χ3n) is 9.95. The Morgan fingerprint density at radius 3 is 1.87 bits per heavy atom. The van der Waals surface area contributed by atoms with Gasteiger partial charge in [-0.15, -0.1) is 0 Å². The van der Waals surface area contributed by atoms with E-state index in [1.807, 2.05) is 54.6 Å². The SMILES string of the molecule is COc1ccc(Oc2cc3c4c(cc(O)c3cc2-c2ccc(OC)cc2OC)C2(CC(C)(C)CC(C)(C)C2)c2ccccc2-4)cc1. The molecule has 46 heavy (non-hydrogen) atoms. The summed E-state index contributed by atoms with van der Waals surface area (Å²) >= 11 is 0. The molecule has 0 aromatic heterocycles. The molecule has 0 aliphatic heterocycles. The molecule has 0 radical (unpaired) electrons. The molecule has 0 heterocycles. The van der Waals surface area contributed by atoms with Crippen LogP contribution in [0.25, 0.3) is 33.0 Å². The first-order valence-electron chi connectivity index (χ1n) is 16.0. The molecule has 1 saturated carbocycles. The summed E-state index contributed by atoms with van der Waals surface area (Å²) in [6.07, 6.45) is 3.20. The van der Waals surface area contributed by atoms with Gasteiger partial charge >= 0.3 is 0 Å². The highest BCUT2D eigenvalue weighted by atomic mass is 16.5. The summed E-state index contributed by atoms with van der Waals surface area (Å²) in [6.45, 7) is 9.58. The second-order valence-corrected chi connectivity index (χ2v) is 14.5. The molecule has 1 fully saturated rings.